The summed E-state index contributed by atoms with van der Waals surface area (Å²) in [5.41, 5.74) is 3.50. The van der Waals surface area contributed by atoms with Gasteiger partial charge in [0, 0.05) is 0 Å². The van der Waals surface area contributed by atoms with Gasteiger partial charge >= 0.3 is 0 Å². The van der Waals surface area contributed by atoms with Crippen LogP contribution in [0.1, 0.15) is 49.5 Å². The summed E-state index contributed by atoms with van der Waals surface area (Å²) in [5, 5.41) is 7.09. The molecule has 0 spiro atoms. The van der Waals surface area contributed by atoms with E-state index in [0.29, 0.717) is 34.3 Å². The maximum Gasteiger partial charge on any atom is 0.262 e. The zero-order valence-electron chi connectivity index (χ0n) is 19.2. The molecule has 2 amide bonds. The lowest BCUT2D eigenvalue weighted by atomic mass is 10.0. The number of carbonyl (C=O) groups is 2. The molecular formula is C24H29BrClN3O4. The van der Waals surface area contributed by atoms with Crippen molar-refractivity contribution in [3.8, 4) is 11.5 Å². The van der Waals surface area contributed by atoms with Crippen LogP contribution in [0, 0.1) is 5.92 Å². The Hall–Kier alpha value is -2.58. The third-order valence-corrected chi connectivity index (χ3v) is 5.66. The Morgan fingerprint density at radius 1 is 1.24 bits per heavy atom. The molecule has 0 aromatic heterocycles. The van der Waals surface area contributed by atoms with Crippen LogP contribution in [0.4, 0.5) is 0 Å². The van der Waals surface area contributed by atoms with Crippen LogP contribution in [0.25, 0.3) is 0 Å². The average Bonchev–Trinajstić information content (AvgIpc) is 2.78. The van der Waals surface area contributed by atoms with E-state index < -0.39 is 17.9 Å². The lowest BCUT2D eigenvalue weighted by Gasteiger charge is -2.20. The topological polar surface area (TPSA) is 89.0 Å². The molecule has 0 saturated heterocycles. The van der Waals surface area contributed by atoms with Crippen LogP contribution in [-0.2, 0) is 4.79 Å². The van der Waals surface area contributed by atoms with E-state index in [0.717, 1.165) is 17.3 Å². The van der Waals surface area contributed by atoms with E-state index >= 15 is 0 Å². The quantitative estimate of drug-likeness (QED) is 0.234. The number of unbranched alkanes of at least 4 members (excludes halogenated alkanes) is 1. The van der Waals surface area contributed by atoms with Crippen LogP contribution in [-0.4, -0.2) is 37.8 Å². The molecule has 33 heavy (non-hydrogen) atoms. The fourth-order valence-corrected chi connectivity index (χ4v) is 3.71. The minimum Gasteiger partial charge on any atom is -0.493 e. The number of rotatable bonds is 11. The Kier molecular flexibility index (Phi) is 10.7. The van der Waals surface area contributed by atoms with Gasteiger partial charge in [-0.25, -0.2) is 5.43 Å². The van der Waals surface area contributed by atoms with E-state index in [2.05, 4.69) is 38.7 Å². The van der Waals surface area contributed by atoms with E-state index in [-0.39, 0.29) is 5.92 Å². The highest BCUT2D eigenvalue weighted by Crippen LogP contribution is 2.36. The number of methoxy groups -OCH3 is 1. The Bertz CT molecular complexity index is 998. The summed E-state index contributed by atoms with van der Waals surface area (Å²) in [4.78, 5) is 25.3. The van der Waals surface area contributed by atoms with Gasteiger partial charge in [0.1, 0.15) is 6.04 Å². The molecule has 2 N–H and O–H groups in total. The Morgan fingerprint density at radius 3 is 2.61 bits per heavy atom. The lowest BCUT2D eigenvalue weighted by molar-refractivity contribution is -0.123. The molecule has 2 aromatic carbocycles. The number of nitrogens with one attached hydrogen (secondary N) is 2. The minimum absolute atomic E-state index is 0.166. The van der Waals surface area contributed by atoms with Crippen molar-refractivity contribution in [3.63, 3.8) is 0 Å². The van der Waals surface area contributed by atoms with Gasteiger partial charge in [-0.05, 0) is 58.1 Å². The third-order valence-electron chi connectivity index (χ3n) is 4.74. The van der Waals surface area contributed by atoms with Crippen LogP contribution in [0.5, 0.6) is 11.5 Å². The van der Waals surface area contributed by atoms with E-state index in [4.69, 9.17) is 21.1 Å². The summed E-state index contributed by atoms with van der Waals surface area (Å²) in [5.74, 6) is 0.146. The van der Waals surface area contributed by atoms with Crippen LogP contribution in [0.3, 0.4) is 0 Å². The molecule has 0 aliphatic carbocycles. The van der Waals surface area contributed by atoms with Gasteiger partial charge in [-0.1, -0.05) is 50.9 Å². The molecule has 2 aromatic rings. The smallest absolute Gasteiger partial charge is 0.262 e. The first-order chi connectivity index (χ1) is 15.8. The first kappa shape index (κ1) is 26.7. The molecule has 0 radical (unpaired) electrons. The van der Waals surface area contributed by atoms with Gasteiger partial charge in [0.25, 0.3) is 11.8 Å². The second-order valence-electron chi connectivity index (χ2n) is 7.65. The van der Waals surface area contributed by atoms with Gasteiger partial charge in [-0.2, -0.15) is 5.10 Å². The Balaban J connectivity index is 2.07. The third kappa shape index (κ3) is 7.75. The lowest BCUT2D eigenvalue weighted by Crippen LogP contribution is -2.48. The summed E-state index contributed by atoms with van der Waals surface area (Å²) in [7, 11) is 1.56. The van der Waals surface area contributed by atoms with Crippen LogP contribution in [0.15, 0.2) is 46.0 Å². The molecule has 9 heteroatoms. The molecule has 0 bridgehead atoms. The molecule has 1 unspecified atom stereocenters. The Labute approximate surface area is 208 Å². The highest BCUT2D eigenvalue weighted by Gasteiger charge is 2.25. The number of amides is 2. The van der Waals surface area contributed by atoms with Crippen molar-refractivity contribution in [1.82, 2.24) is 10.7 Å². The van der Waals surface area contributed by atoms with Crippen molar-refractivity contribution in [1.29, 1.82) is 0 Å². The molecule has 0 aliphatic heterocycles. The molecule has 1 atom stereocenters. The number of hydrazone groups is 1. The van der Waals surface area contributed by atoms with Gasteiger partial charge < -0.3 is 14.8 Å². The normalized spacial score (nSPS) is 12.0. The maximum atomic E-state index is 12.7. The number of benzene rings is 2. The average molecular weight is 539 g/mol. The second-order valence-corrected chi connectivity index (χ2v) is 8.91. The second kappa shape index (κ2) is 13.2. The summed E-state index contributed by atoms with van der Waals surface area (Å²) in [6, 6.07) is 9.46. The number of ether oxygens (including phenoxy) is 2. The molecule has 0 saturated carbocycles. The number of hydrogen-bond donors (Lipinski definition) is 2. The SMILES string of the molecule is CCCCOc1c(Br)cc(/C=N\NC(=O)C(NC(=O)c2ccccc2Cl)C(C)C)cc1OC. The van der Waals surface area contributed by atoms with Crippen LogP contribution >= 0.6 is 27.5 Å². The zero-order chi connectivity index (χ0) is 24.4. The maximum absolute atomic E-state index is 12.7. The zero-order valence-corrected chi connectivity index (χ0v) is 21.5. The summed E-state index contributed by atoms with van der Waals surface area (Å²) in [6.07, 6.45) is 3.46. The molecule has 0 fully saturated rings. The van der Waals surface area contributed by atoms with Crippen LogP contribution < -0.4 is 20.2 Å². The standard InChI is InChI=1S/C24H29BrClN3O4/c1-5-6-11-33-22-18(25)12-16(13-20(22)32-4)14-27-29-24(31)21(15(2)3)28-23(30)17-9-7-8-10-19(17)26/h7-10,12-15,21H,5-6,11H2,1-4H3,(H,28,30)(H,29,31)/b27-14-. The van der Waals surface area contributed by atoms with Gasteiger partial charge in [0.15, 0.2) is 11.5 Å². The molecule has 178 valence electrons. The molecule has 7 nitrogen and oxygen atoms in total. The van der Waals surface area contributed by atoms with Crippen molar-refractivity contribution in [2.24, 2.45) is 11.0 Å². The van der Waals surface area contributed by atoms with Crippen LogP contribution in [0.2, 0.25) is 5.02 Å². The number of nitrogens with zero attached hydrogens (tertiary/aromatic N) is 1. The summed E-state index contributed by atoms with van der Waals surface area (Å²) < 4.78 is 11.9. The van der Waals surface area contributed by atoms with Gasteiger partial charge in [0.05, 0.1) is 35.0 Å². The largest absolute Gasteiger partial charge is 0.493 e. The van der Waals surface area contributed by atoms with E-state index in [9.17, 15) is 9.59 Å². The fourth-order valence-electron chi connectivity index (χ4n) is 2.91. The molecular weight excluding hydrogens is 510 g/mol. The van der Waals surface area contributed by atoms with Crippen molar-refractivity contribution in [3.05, 3.63) is 57.0 Å². The summed E-state index contributed by atoms with van der Waals surface area (Å²) >= 11 is 9.59. The van der Waals surface area contributed by atoms with Gasteiger partial charge in [0.2, 0.25) is 0 Å². The number of carbonyl (C=O) groups excluding carboxylic acids is 2. The predicted octanol–water partition coefficient (Wildman–Crippen LogP) is 5.19. The number of hydrogen-bond acceptors (Lipinski definition) is 5. The fraction of sp³-hybridized carbons (Fsp3) is 0.375. The minimum atomic E-state index is -0.790. The monoisotopic (exact) mass is 537 g/mol. The predicted molar refractivity (Wildman–Crippen MR) is 134 cm³/mol. The van der Waals surface area contributed by atoms with Gasteiger partial charge in [-0.15, -0.1) is 0 Å². The molecule has 2 rings (SSSR count). The highest BCUT2D eigenvalue weighted by atomic mass is 79.9. The van der Waals surface area contributed by atoms with Crippen molar-refractivity contribution in [2.75, 3.05) is 13.7 Å². The van der Waals surface area contributed by atoms with Crippen molar-refractivity contribution >= 4 is 45.6 Å². The van der Waals surface area contributed by atoms with Crippen molar-refractivity contribution in [2.45, 2.75) is 39.7 Å². The van der Waals surface area contributed by atoms with Crippen molar-refractivity contribution < 1.29 is 19.1 Å². The first-order valence-corrected chi connectivity index (χ1v) is 11.8. The van der Waals surface area contributed by atoms with E-state index in [1.165, 1.54) is 6.21 Å². The molecule has 0 heterocycles. The van der Waals surface area contributed by atoms with Gasteiger partial charge in [-0.3, -0.25) is 9.59 Å². The molecule has 0 aliphatic rings. The van der Waals surface area contributed by atoms with E-state index in [1.54, 1.807) is 37.4 Å². The van der Waals surface area contributed by atoms with E-state index in [1.807, 2.05) is 19.9 Å². The first-order valence-electron chi connectivity index (χ1n) is 10.7. The number of halogens is 2. The summed E-state index contributed by atoms with van der Waals surface area (Å²) in [6.45, 7) is 6.35. The Morgan fingerprint density at radius 2 is 1.97 bits per heavy atom. The highest BCUT2D eigenvalue weighted by molar-refractivity contribution is 9.10.